The maximum atomic E-state index is 14.0. The van der Waals surface area contributed by atoms with Gasteiger partial charge in [0.1, 0.15) is 29.0 Å². The molecule has 1 aliphatic heterocycles. The predicted molar refractivity (Wildman–Crippen MR) is 150 cm³/mol. The van der Waals surface area contributed by atoms with Crippen molar-refractivity contribution in [1.29, 1.82) is 0 Å². The minimum atomic E-state index is -4.29. The highest BCUT2D eigenvalue weighted by molar-refractivity contribution is 7.92. The standard InChI is InChI=1S/C27H30F3N7O4S/c1-14-24(32-22-9-17(10-23(41-2)36(14)22)26(38)34-12-18(28)19(31)13-34)20-8-16-6-7-21(37(27(29)30)42(3,39)40)33-25(16)35(20)11-15-4-5-15/h6-10,15,18-19,27H,4-5,11-13,31H2,1-3H3/t18-,19+/m1/s1. The molecule has 5 heterocycles. The Balaban J connectivity index is 1.49. The molecule has 2 fully saturated rings. The fourth-order valence-electron chi connectivity index (χ4n) is 5.52. The number of carbonyl (C=O) groups excluding carboxylic acids is 1. The summed E-state index contributed by atoms with van der Waals surface area (Å²) in [7, 11) is -2.82. The first kappa shape index (κ1) is 28.3. The lowest BCUT2D eigenvalue weighted by Crippen LogP contribution is -2.35. The van der Waals surface area contributed by atoms with E-state index < -0.39 is 28.8 Å². The summed E-state index contributed by atoms with van der Waals surface area (Å²) in [5.41, 5.74) is 8.73. The number of anilines is 1. The summed E-state index contributed by atoms with van der Waals surface area (Å²) >= 11 is 0. The van der Waals surface area contributed by atoms with Gasteiger partial charge in [-0.2, -0.15) is 13.1 Å². The number of imidazole rings is 1. The second-order valence-corrected chi connectivity index (χ2v) is 12.8. The zero-order chi connectivity index (χ0) is 30.1. The van der Waals surface area contributed by atoms with Crippen molar-refractivity contribution >= 4 is 38.4 Å². The number of nitrogens with two attached hydrogens (primary N) is 1. The Labute approximate surface area is 239 Å². The van der Waals surface area contributed by atoms with E-state index in [4.69, 9.17) is 15.5 Å². The Morgan fingerprint density at radius 1 is 1.19 bits per heavy atom. The Morgan fingerprint density at radius 3 is 2.52 bits per heavy atom. The van der Waals surface area contributed by atoms with Crippen molar-refractivity contribution < 1.29 is 31.1 Å². The maximum absolute atomic E-state index is 14.0. The largest absolute Gasteiger partial charge is 0.482 e. The zero-order valence-electron chi connectivity index (χ0n) is 23.2. The molecule has 0 spiro atoms. The van der Waals surface area contributed by atoms with Crippen molar-refractivity contribution in [1.82, 2.24) is 23.8 Å². The normalized spacial score (nSPS) is 19.4. The zero-order valence-corrected chi connectivity index (χ0v) is 24.0. The van der Waals surface area contributed by atoms with Crippen LogP contribution in [-0.2, 0) is 16.6 Å². The average molecular weight is 606 g/mol. The summed E-state index contributed by atoms with van der Waals surface area (Å²) in [5, 5.41) is 0.627. The first-order valence-corrected chi connectivity index (χ1v) is 15.3. The molecule has 2 aliphatic rings. The number of aromatic nitrogens is 4. The number of aryl methyl sites for hydroxylation is 1. The number of alkyl halides is 3. The average Bonchev–Trinajstić information content (AvgIpc) is 3.47. The van der Waals surface area contributed by atoms with Gasteiger partial charge in [0.15, 0.2) is 5.88 Å². The Hall–Kier alpha value is -3.85. The van der Waals surface area contributed by atoms with Crippen LogP contribution in [0.1, 0.15) is 28.9 Å². The first-order valence-electron chi connectivity index (χ1n) is 13.4. The van der Waals surface area contributed by atoms with Crippen LogP contribution >= 0.6 is 0 Å². The van der Waals surface area contributed by atoms with E-state index in [1.54, 1.807) is 22.6 Å². The number of ether oxygens (including phenoxy) is 1. The molecule has 4 aromatic heterocycles. The van der Waals surface area contributed by atoms with Gasteiger partial charge < -0.3 is 19.9 Å². The third-order valence-electron chi connectivity index (χ3n) is 7.82. The third kappa shape index (κ3) is 4.83. The summed E-state index contributed by atoms with van der Waals surface area (Å²) in [6.45, 7) is -0.910. The summed E-state index contributed by atoms with van der Waals surface area (Å²) in [6.07, 6.45) is 1.40. The predicted octanol–water partition coefficient (Wildman–Crippen LogP) is 3.19. The SMILES string of the molecule is COc1cc(C(=O)N2C[C@@H](F)[C@@H](N)C2)cc2nc(-c3cc4ccc(N(C(F)F)S(C)(=O)=O)nc4n3CC3CC3)c(C)n12. The molecule has 42 heavy (non-hydrogen) atoms. The second-order valence-electron chi connectivity index (χ2n) is 10.9. The molecule has 4 aromatic rings. The maximum Gasteiger partial charge on any atom is 0.329 e. The van der Waals surface area contributed by atoms with Crippen LogP contribution in [0.15, 0.2) is 30.3 Å². The van der Waals surface area contributed by atoms with Crippen molar-refractivity contribution in [2.75, 3.05) is 30.8 Å². The number of carbonyl (C=O) groups is 1. The van der Waals surface area contributed by atoms with Crippen LogP contribution < -0.4 is 14.8 Å². The number of fused-ring (bicyclic) bond motifs is 2. The molecule has 0 radical (unpaired) electrons. The minimum absolute atomic E-state index is 0.00148. The molecule has 1 saturated carbocycles. The lowest BCUT2D eigenvalue weighted by atomic mass is 10.2. The van der Waals surface area contributed by atoms with Crippen LogP contribution in [0.5, 0.6) is 5.88 Å². The number of likely N-dealkylation sites (tertiary alicyclic amines) is 1. The van der Waals surface area contributed by atoms with Crippen LogP contribution in [0.2, 0.25) is 0 Å². The lowest BCUT2D eigenvalue weighted by Gasteiger charge is -2.20. The van der Waals surface area contributed by atoms with Crippen molar-refractivity contribution in [3.05, 3.63) is 41.6 Å². The van der Waals surface area contributed by atoms with E-state index in [0.717, 1.165) is 12.8 Å². The molecule has 15 heteroatoms. The van der Waals surface area contributed by atoms with Gasteiger partial charge in [-0.1, -0.05) is 0 Å². The third-order valence-corrected chi connectivity index (χ3v) is 8.88. The number of amides is 1. The second kappa shape index (κ2) is 10.2. The van der Waals surface area contributed by atoms with Gasteiger partial charge in [-0.25, -0.2) is 22.8 Å². The molecule has 224 valence electrons. The molecule has 11 nitrogen and oxygen atoms in total. The number of pyridine rings is 2. The van der Waals surface area contributed by atoms with E-state index in [-0.39, 0.29) is 34.7 Å². The van der Waals surface area contributed by atoms with Crippen LogP contribution in [0.25, 0.3) is 28.1 Å². The van der Waals surface area contributed by atoms with Gasteiger partial charge in [-0.05, 0) is 49.9 Å². The van der Waals surface area contributed by atoms with Crippen LogP contribution in [0.3, 0.4) is 0 Å². The van der Waals surface area contributed by atoms with Crippen LogP contribution in [0.4, 0.5) is 19.0 Å². The topological polar surface area (TPSA) is 128 Å². The molecule has 0 aromatic carbocycles. The number of hydrogen-bond acceptors (Lipinski definition) is 7. The Bertz CT molecular complexity index is 1810. The fourth-order valence-corrected chi connectivity index (χ4v) is 6.26. The molecule has 1 amide bonds. The first-order chi connectivity index (χ1) is 19.9. The van der Waals surface area contributed by atoms with Gasteiger partial charge in [0, 0.05) is 30.1 Å². The molecule has 1 saturated heterocycles. The number of methoxy groups -OCH3 is 1. The van der Waals surface area contributed by atoms with Gasteiger partial charge in [-0.15, -0.1) is 0 Å². The minimum Gasteiger partial charge on any atom is -0.482 e. The number of nitrogens with zero attached hydrogens (tertiary/aromatic N) is 6. The molecule has 6 rings (SSSR count). The van der Waals surface area contributed by atoms with E-state index in [1.165, 1.54) is 18.1 Å². The number of hydrogen-bond donors (Lipinski definition) is 1. The molecule has 2 N–H and O–H groups in total. The molecule has 0 bridgehead atoms. The van der Waals surface area contributed by atoms with Crippen molar-refractivity contribution in [2.45, 2.75) is 45.1 Å². The van der Waals surface area contributed by atoms with Crippen molar-refractivity contribution in [2.24, 2.45) is 11.7 Å². The summed E-state index contributed by atoms with van der Waals surface area (Å²) < 4.78 is 75.1. The highest BCUT2D eigenvalue weighted by Crippen LogP contribution is 2.38. The van der Waals surface area contributed by atoms with Gasteiger partial charge in [-0.3, -0.25) is 9.20 Å². The highest BCUT2D eigenvalue weighted by atomic mass is 32.2. The van der Waals surface area contributed by atoms with Crippen molar-refractivity contribution in [3.8, 4) is 17.3 Å². The molecular formula is C27H30F3N7O4S. The molecule has 0 unspecified atom stereocenters. The molecule has 1 aliphatic carbocycles. The molecular weight excluding hydrogens is 575 g/mol. The van der Waals surface area contributed by atoms with E-state index in [0.29, 0.717) is 58.4 Å². The summed E-state index contributed by atoms with van der Waals surface area (Å²) in [5.74, 6) is -0.0652. The number of rotatable bonds is 8. The number of sulfonamides is 1. The van der Waals surface area contributed by atoms with Crippen LogP contribution in [0, 0.1) is 12.8 Å². The highest BCUT2D eigenvalue weighted by Gasteiger charge is 2.34. The quantitative estimate of drug-likeness (QED) is 0.306. The van der Waals surface area contributed by atoms with Gasteiger partial charge in [0.2, 0.25) is 10.0 Å². The van der Waals surface area contributed by atoms with E-state index in [2.05, 4.69) is 4.98 Å². The van der Waals surface area contributed by atoms with E-state index >= 15 is 0 Å². The van der Waals surface area contributed by atoms with Gasteiger partial charge >= 0.3 is 6.55 Å². The lowest BCUT2D eigenvalue weighted by molar-refractivity contribution is 0.0781. The number of halogens is 3. The Kier molecular flexibility index (Phi) is 6.84. The van der Waals surface area contributed by atoms with Crippen LogP contribution in [-0.4, -0.2) is 83.4 Å². The molecule has 2 atom stereocenters. The smallest absolute Gasteiger partial charge is 0.329 e. The van der Waals surface area contributed by atoms with E-state index in [9.17, 15) is 26.4 Å². The monoisotopic (exact) mass is 605 g/mol. The van der Waals surface area contributed by atoms with Crippen molar-refractivity contribution in [3.63, 3.8) is 0 Å². The summed E-state index contributed by atoms with van der Waals surface area (Å²) in [6, 6.07) is 7.09. The van der Waals surface area contributed by atoms with E-state index in [1.807, 2.05) is 17.6 Å². The Morgan fingerprint density at radius 2 is 1.93 bits per heavy atom. The van der Waals surface area contributed by atoms with Gasteiger partial charge in [0.25, 0.3) is 5.91 Å². The fraction of sp³-hybridized carbons (Fsp3) is 0.444. The summed E-state index contributed by atoms with van der Waals surface area (Å²) in [4.78, 5) is 23.8. The van der Waals surface area contributed by atoms with Gasteiger partial charge in [0.05, 0.1) is 37.3 Å².